The number of piperidine rings is 1. The van der Waals surface area contributed by atoms with Gasteiger partial charge in [-0.3, -0.25) is 9.59 Å². The molecule has 0 bridgehead atoms. The van der Waals surface area contributed by atoms with Gasteiger partial charge in [-0.2, -0.15) is 0 Å². The fourth-order valence-corrected chi connectivity index (χ4v) is 3.88. The minimum atomic E-state index is -0.216. The van der Waals surface area contributed by atoms with Crippen LogP contribution in [0.25, 0.3) is 0 Å². The normalized spacial score (nSPS) is 14.6. The number of hydrogen-bond acceptors (Lipinski definition) is 3. The lowest BCUT2D eigenvalue weighted by molar-refractivity contribution is -0.131. The molecular formula is C22H25IN2O3. The number of carbonyl (C=O) groups is 2. The van der Waals surface area contributed by atoms with E-state index in [1.54, 1.807) is 11.0 Å². The Bertz CT molecular complexity index is 861. The first-order valence-electron chi connectivity index (χ1n) is 9.48. The fraction of sp³-hybridized carbons (Fsp3) is 0.364. The van der Waals surface area contributed by atoms with Crippen LogP contribution in [0.15, 0.2) is 42.5 Å². The molecule has 0 spiro atoms. The summed E-state index contributed by atoms with van der Waals surface area (Å²) in [4.78, 5) is 26.5. The Hall–Kier alpha value is -2.09. The second kappa shape index (κ2) is 9.41. The zero-order chi connectivity index (χ0) is 20.1. The zero-order valence-electron chi connectivity index (χ0n) is 16.2. The minimum Gasteiger partial charge on any atom is -0.490 e. The van der Waals surface area contributed by atoms with E-state index in [4.69, 9.17) is 4.74 Å². The molecule has 2 amide bonds. The highest BCUT2D eigenvalue weighted by Crippen LogP contribution is 2.24. The topological polar surface area (TPSA) is 58.6 Å². The van der Waals surface area contributed by atoms with E-state index >= 15 is 0 Å². The molecule has 1 N–H and O–H groups in total. The van der Waals surface area contributed by atoms with Gasteiger partial charge in [0.05, 0.1) is 12.1 Å². The van der Waals surface area contributed by atoms with Crippen molar-refractivity contribution in [2.75, 3.05) is 19.6 Å². The smallest absolute Gasteiger partial charge is 0.252 e. The SMILES string of the molecule is Cc1ccc(C)c(OC2CCN(C(=O)CNC(=O)c3ccccc3I)CC2)c1. The summed E-state index contributed by atoms with van der Waals surface area (Å²) in [6.45, 7) is 5.41. The summed E-state index contributed by atoms with van der Waals surface area (Å²) in [5, 5.41) is 2.74. The van der Waals surface area contributed by atoms with E-state index < -0.39 is 0 Å². The van der Waals surface area contributed by atoms with Crippen LogP contribution in [0.3, 0.4) is 0 Å². The lowest BCUT2D eigenvalue weighted by atomic mass is 10.1. The predicted octanol–water partition coefficient (Wildman–Crippen LogP) is 3.71. The van der Waals surface area contributed by atoms with Gasteiger partial charge < -0.3 is 15.0 Å². The number of carbonyl (C=O) groups excluding carboxylic acids is 2. The molecule has 6 heteroatoms. The molecule has 2 aromatic carbocycles. The van der Waals surface area contributed by atoms with Gasteiger partial charge in [-0.05, 0) is 65.8 Å². The molecule has 0 aromatic heterocycles. The van der Waals surface area contributed by atoms with Crippen LogP contribution in [0.4, 0.5) is 0 Å². The van der Waals surface area contributed by atoms with Gasteiger partial charge >= 0.3 is 0 Å². The van der Waals surface area contributed by atoms with Crippen molar-refractivity contribution in [2.45, 2.75) is 32.8 Å². The maximum Gasteiger partial charge on any atom is 0.252 e. The molecule has 148 valence electrons. The minimum absolute atomic E-state index is 0.0202. The third-order valence-electron chi connectivity index (χ3n) is 4.95. The molecule has 1 aliphatic rings. The molecule has 0 radical (unpaired) electrons. The monoisotopic (exact) mass is 492 g/mol. The van der Waals surface area contributed by atoms with Crippen molar-refractivity contribution in [1.82, 2.24) is 10.2 Å². The summed E-state index contributed by atoms with van der Waals surface area (Å²) < 4.78 is 7.03. The Morgan fingerprint density at radius 3 is 2.57 bits per heavy atom. The van der Waals surface area contributed by atoms with Crippen molar-refractivity contribution in [2.24, 2.45) is 0 Å². The van der Waals surface area contributed by atoms with Gasteiger partial charge in [0.25, 0.3) is 5.91 Å². The molecule has 3 rings (SSSR count). The number of likely N-dealkylation sites (tertiary alicyclic amines) is 1. The Morgan fingerprint density at radius 2 is 1.86 bits per heavy atom. The number of halogens is 1. The van der Waals surface area contributed by atoms with Crippen molar-refractivity contribution in [3.05, 3.63) is 62.7 Å². The first-order valence-corrected chi connectivity index (χ1v) is 10.6. The van der Waals surface area contributed by atoms with Gasteiger partial charge in [0.2, 0.25) is 5.91 Å². The van der Waals surface area contributed by atoms with Crippen LogP contribution in [-0.2, 0) is 4.79 Å². The molecule has 1 saturated heterocycles. The molecule has 1 heterocycles. The summed E-state index contributed by atoms with van der Waals surface area (Å²) in [6.07, 6.45) is 1.71. The van der Waals surface area contributed by atoms with Gasteiger partial charge in [0.15, 0.2) is 0 Å². The Morgan fingerprint density at radius 1 is 1.14 bits per heavy atom. The standard InChI is InChI=1S/C22H25IN2O3/c1-15-7-8-16(2)20(13-15)28-17-9-11-25(12-10-17)21(26)14-24-22(27)18-5-3-4-6-19(18)23/h3-8,13,17H,9-12,14H2,1-2H3,(H,24,27). The molecule has 0 aliphatic carbocycles. The lowest BCUT2D eigenvalue weighted by Gasteiger charge is -2.32. The summed E-state index contributed by atoms with van der Waals surface area (Å²) in [6, 6.07) is 13.5. The van der Waals surface area contributed by atoms with Crippen LogP contribution < -0.4 is 10.1 Å². The van der Waals surface area contributed by atoms with Crippen LogP contribution in [0.1, 0.15) is 34.3 Å². The average Bonchev–Trinajstić information content (AvgIpc) is 2.69. The van der Waals surface area contributed by atoms with Crippen LogP contribution in [0.2, 0.25) is 0 Å². The van der Waals surface area contributed by atoms with Crippen LogP contribution in [0, 0.1) is 17.4 Å². The number of rotatable bonds is 5. The molecule has 0 saturated carbocycles. The van der Waals surface area contributed by atoms with Crippen molar-refractivity contribution in [3.63, 3.8) is 0 Å². The number of amides is 2. The summed E-state index contributed by atoms with van der Waals surface area (Å²) in [5.41, 5.74) is 2.90. The molecule has 2 aromatic rings. The molecule has 5 nitrogen and oxygen atoms in total. The van der Waals surface area contributed by atoms with E-state index in [0.29, 0.717) is 18.7 Å². The van der Waals surface area contributed by atoms with Gasteiger partial charge in [-0.15, -0.1) is 0 Å². The van der Waals surface area contributed by atoms with Crippen molar-refractivity contribution in [1.29, 1.82) is 0 Å². The number of aryl methyl sites for hydroxylation is 2. The number of nitrogens with zero attached hydrogens (tertiary/aromatic N) is 1. The molecule has 28 heavy (non-hydrogen) atoms. The third kappa shape index (κ3) is 5.25. The molecule has 0 unspecified atom stereocenters. The lowest BCUT2D eigenvalue weighted by Crippen LogP contribution is -2.46. The Kier molecular flexibility index (Phi) is 6.93. The second-order valence-electron chi connectivity index (χ2n) is 7.13. The van der Waals surface area contributed by atoms with Crippen molar-refractivity contribution < 1.29 is 14.3 Å². The Labute approximate surface area is 179 Å². The van der Waals surface area contributed by atoms with Gasteiger partial charge in [0, 0.05) is 29.5 Å². The maximum absolute atomic E-state index is 12.5. The summed E-state index contributed by atoms with van der Waals surface area (Å²) in [7, 11) is 0. The molecular weight excluding hydrogens is 467 g/mol. The van der Waals surface area contributed by atoms with E-state index in [1.807, 2.05) is 25.1 Å². The van der Waals surface area contributed by atoms with E-state index in [0.717, 1.165) is 27.7 Å². The first-order chi connectivity index (χ1) is 13.4. The average molecular weight is 492 g/mol. The van der Waals surface area contributed by atoms with Crippen LogP contribution in [0.5, 0.6) is 5.75 Å². The number of hydrogen-bond donors (Lipinski definition) is 1. The van der Waals surface area contributed by atoms with Crippen LogP contribution >= 0.6 is 22.6 Å². The van der Waals surface area contributed by atoms with Gasteiger partial charge in [0.1, 0.15) is 11.9 Å². The first kappa shape index (κ1) is 20.6. The Balaban J connectivity index is 1.47. The number of ether oxygens (including phenoxy) is 1. The van der Waals surface area contributed by atoms with Gasteiger partial charge in [-0.1, -0.05) is 24.3 Å². The van der Waals surface area contributed by atoms with Gasteiger partial charge in [-0.25, -0.2) is 0 Å². The quantitative estimate of drug-likeness (QED) is 0.648. The van der Waals surface area contributed by atoms with E-state index in [1.165, 1.54) is 5.56 Å². The van der Waals surface area contributed by atoms with Crippen molar-refractivity contribution >= 4 is 34.4 Å². The van der Waals surface area contributed by atoms with E-state index in [2.05, 4.69) is 53.0 Å². The largest absolute Gasteiger partial charge is 0.490 e. The maximum atomic E-state index is 12.5. The summed E-state index contributed by atoms with van der Waals surface area (Å²) in [5.74, 6) is 0.658. The number of nitrogens with one attached hydrogen (secondary N) is 1. The van der Waals surface area contributed by atoms with E-state index in [-0.39, 0.29) is 24.5 Å². The summed E-state index contributed by atoms with van der Waals surface area (Å²) >= 11 is 2.12. The van der Waals surface area contributed by atoms with E-state index in [9.17, 15) is 9.59 Å². The molecule has 0 atom stereocenters. The fourth-order valence-electron chi connectivity index (χ4n) is 3.25. The van der Waals surface area contributed by atoms with Crippen LogP contribution in [-0.4, -0.2) is 42.5 Å². The highest BCUT2D eigenvalue weighted by Gasteiger charge is 2.24. The second-order valence-corrected chi connectivity index (χ2v) is 8.29. The highest BCUT2D eigenvalue weighted by atomic mass is 127. The molecule has 1 fully saturated rings. The number of benzene rings is 2. The zero-order valence-corrected chi connectivity index (χ0v) is 18.4. The van der Waals surface area contributed by atoms with Crippen molar-refractivity contribution in [3.8, 4) is 5.75 Å². The highest BCUT2D eigenvalue weighted by molar-refractivity contribution is 14.1. The molecule has 1 aliphatic heterocycles. The third-order valence-corrected chi connectivity index (χ3v) is 5.89. The predicted molar refractivity (Wildman–Crippen MR) is 118 cm³/mol.